The van der Waals surface area contributed by atoms with E-state index in [1.165, 1.54) is 30.3 Å². The van der Waals surface area contributed by atoms with Gasteiger partial charge in [-0.15, -0.1) is 26.3 Å². The molecule has 43 heavy (non-hydrogen) atoms. The molecular formula is C24H18F6N6O7. The van der Waals surface area contributed by atoms with Crippen LogP contribution in [-0.4, -0.2) is 50.1 Å². The molecule has 1 amide bonds. The van der Waals surface area contributed by atoms with Crippen LogP contribution in [0.4, 0.5) is 37.7 Å². The van der Waals surface area contributed by atoms with Crippen molar-refractivity contribution in [3.05, 3.63) is 105 Å². The van der Waals surface area contributed by atoms with E-state index >= 15 is 0 Å². The van der Waals surface area contributed by atoms with E-state index in [9.17, 15) is 45.5 Å². The van der Waals surface area contributed by atoms with Crippen LogP contribution in [0, 0.1) is 0 Å². The zero-order chi connectivity index (χ0) is 32.2. The van der Waals surface area contributed by atoms with Crippen LogP contribution >= 0.6 is 0 Å². The summed E-state index contributed by atoms with van der Waals surface area (Å²) < 4.78 is 78.0. The number of carbonyl (C=O) groups excluding carboxylic acids is 1. The molecule has 4 aromatic rings. The van der Waals surface area contributed by atoms with Gasteiger partial charge in [-0.3, -0.25) is 14.4 Å². The van der Waals surface area contributed by atoms with Gasteiger partial charge in [0.25, 0.3) is 17.0 Å². The van der Waals surface area contributed by atoms with Crippen LogP contribution in [0.2, 0.25) is 0 Å². The predicted molar refractivity (Wildman–Crippen MR) is 135 cm³/mol. The second-order valence-electron chi connectivity index (χ2n) is 7.56. The molecule has 4 rings (SSSR count). The average molecular weight is 616 g/mol. The van der Waals surface area contributed by atoms with Gasteiger partial charge in [0.2, 0.25) is 0 Å². The van der Waals surface area contributed by atoms with E-state index in [1.807, 2.05) is 5.10 Å². The summed E-state index contributed by atoms with van der Waals surface area (Å²) in [6, 6.07) is 14.2. The average Bonchev–Trinajstić information content (AvgIpc) is 2.91. The smallest absolute Gasteiger partial charge is 0.476 e. The number of carboxylic acids is 1. The minimum Gasteiger partial charge on any atom is -0.476 e. The fourth-order valence-electron chi connectivity index (χ4n) is 2.54. The molecule has 0 aliphatic carbocycles. The Morgan fingerprint density at radius 1 is 0.698 bits per heavy atom. The number of anilines is 2. The van der Waals surface area contributed by atoms with Gasteiger partial charge in [-0.05, 0) is 60.7 Å². The Balaban J connectivity index is 0.000000248. The summed E-state index contributed by atoms with van der Waals surface area (Å²) in [7, 11) is 0. The maximum absolute atomic E-state index is 12.0. The van der Waals surface area contributed by atoms with Crippen LogP contribution < -0.4 is 31.6 Å². The Labute approximate surface area is 234 Å². The lowest BCUT2D eigenvalue weighted by Crippen LogP contribution is -2.18. The van der Waals surface area contributed by atoms with Gasteiger partial charge in [0.15, 0.2) is 5.69 Å². The number of nitrogens with zero attached hydrogens (tertiary/aromatic N) is 2. The van der Waals surface area contributed by atoms with E-state index in [2.05, 4.69) is 30.1 Å². The van der Waals surface area contributed by atoms with Crippen molar-refractivity contribution in [2.45, 2.75) is 12.7 Å². The van der Waals surface area contributed by atoms with Crippen LogP contribution in [0.5, 0.6) is 11.5 Å². The Hall–Kier alpha value is -5.88. The predicted octanol–water partition coefficient (Wildman–Crippen LogP) is 3.56. The van der Waals surface area contributed by atoms with E-state index in [-0.39, 0.29) is 22.8 Å². The number of nitrogen functional groups attached to an aromatic ring is 1. The van der Waals surface area contributed by atoms with Crippen LogP contribution in [-0.2, 0) is 0 Å². The minimum atomic E-state index is -4.77. The summed E-state index contributed by atoms with van der Waals surface area (Å²) >= 11 is 0. The first-order valence-corrected chi connectivity index (χ1v) is 11.1. The van der Waals surface area contributed by atoms with Crippen molar-refractivity contribution >= 4 is 23.3 Å². The van der Waals surface area contributed by atoms with Gasteiger partial charge in [-0.25, -0.2) is 15.0 Å². The van der Waals surface area contributed by atoms with Crippen LogP contribution in [0.25, 0.3) is 0 Å². The van der Waals surface area contributed by atoms with Gasteiger partial charge in [0.1, 0.15) is 17.2 Å². The second-order valence-corrected chi connectivity index (χ2v) is 7.56. The SMILES string of the molecule is Nc1ccc(OC(F)(F)F)cc1.O=C(Nc1ccc(OC(F)(F)F)cc1)c1ccc(=O)[nH]n1.O=C(O)c1ccc(=O)[nH]n1. The number of rotatable bonds is 5. The molecule has 19 heteroatoms. The van der Waals surface area contributed by atoms with Crippen molar-refractivity contribution in [1.82, 2.24) is 20.4 Å². The lowest BCUT2D eigenvalue weighted by atomic mass is 10.3. The van der Waals surface area contributed by atoms with E-state index in [0.717, 1.165) is 42.5 Å². The molecule has 6 N–H and O–H groups in total. The van der Waals surface area contributed by atoms with E-state index in [1.54, 1.807) is 0 Å². The highest BCUT2D eigenvalue weighted by Crippen LogP contribution is 2.24. The number of hydrogen-bond donors (Lipinski definition) is 5. The monoisotopic (exact) mass is 616 g/mol. The molecule has 0 radical (unpaired) electrons. The molecule has 0 spiro atoms. The van der Waals surface area contributed by atoms with E-state index in [4.69, 9.17) is 10.8 Å². The zero-order valence-corrected chi connectivity index (χ0v) is 21.1. The van der Waals surface area contributed by atoms with Gasteiger partial charge in [-0.1, -0.05) is 0 Å². The summed E-state index contributed by atoms with van der Waals surface area (Å²) in [5.41, 5.74) is 4.82. The number of alkyl halides is 6. The number of carbonyl (C=O) groups is 2. The van der Waals surface area contributed by atoms with Crippen LogP contribution in [0.15, 0.2) is 82.4 Å². The molecular weight excluding hydrogens is 598 g/mol. The quantitative estimate of drug-likeness (QED) is 0.163. The van der Waals surface area contributed by atoms with Crippen molar-refractivity contribution in [3.8, 4) is 11.5 Å². The number of amides is 1. The number of aromatic amines is 2. The summed E-state index contributed by atoms with van der Waals surface area (Å²) in [5.74, 6) is -2.44. The topological polar surface area (TPSA) is 202 Å². The summed E-state index contributed by atoms with van der Waals surface area (Å²) in [6.07, 6.45) is -9.42. The standard InChI is InChI=1S/C12H8F3N3O3.C7H6F3NO.C5H4N2O3/c13-12(14,15)21-8-3-1-7(2-4-8)16-11(20)9-5-6-10(19)18-17-9;8-7(9,10)12-6-3-1-5(11)2-4-6;8-4-2-1-3(5(9)10)6-7-4/h1-6H,(H,16,20)(H,18,19);1-4H,11H2;1-2H,(H,7,8)(H,9,10). The molecule has 0 saturated carbocycles. The molecule has 0 atom stereocenters. The number of nitrogens with one attached hydrogen (secondary N) is 3. The lowest BCUT2D eigenvalue weighted by molar-refractivity contribution is -0.275. The summed E-state index contributed by atoms with van der Waals surface area (Å²) in [4.78, 5) is 43.0. The number of nitrogens with two attached hydrogens (primary N) is 1. The molecule has 0 bridgehead atoms. The molecule has 2 heterocycles. The number of hydrogen-bond acceptors (Lipinski definition) is 9. The number of aromatic nitrogens is 4. The molecule has 0 fully saturated rings. The van der Waals surface area contributed by atoms with Gasteiger partial charge < -0.3 is 25.6 Å². The molecule has 0 aliphatic rings. The lowest BCUT2D eigenvalue weighted by Gasteiger charge is -2.09. The highest BCUT2D eigenvalue weighted by molar-refractivity contribution is 6.02. The first kappa shape index (κ1) is 33.3. The third-order valence-corrected chi connectivity index (χ3v) is 4.27. The molecule has 2 aromatic carbocycles. The number of carboxylic acid groups (broad SMARTS) is 1. The zero-order valence-electron chi connectivity index (χ0n) is 21.1. The number of halogens is 6. The van der Waals surface area contributed by atoms with Crippen molar-refractivity contribution in [3.63, 3.8) is 0 Å². The third-order valence-electron chi connectivity index (χ3n) is 4.27. The fraction of sp³-hybridized carbons (Fsp3) is 0.0833. The number of benzene rings is 2. The summed E-state index contributed by atoms with van der Waals surface area (Å²) in [5, 5.41) is 21.5. The summed E-state index contributed by atoms with van der Waals surface area (Å²) in [6.45, 7) is 0. The first-order chi connectivity index (χ1) is 20.0. The van der Waals surface area contributed by atoms with E-state index in [0.29, 0.717) is 5.69 Å². The van der Waals surface area contributed by atoms with Gasteiger partial charge in [0, 0.05) is 23.5 Å². The molecule has 13 nitrogen and oxygen atoms in total. The maximum atomic E-state index is 12.0. The highest BCUT2D eigenvalue weighted by Gasteiger charge is 2.31. The fourth-order valence-corrected chi connectivity index (χ4v) is 2.54. The maximum Gasteiger partial charge on any atom is 0.573 e. The normalized spacial score (nSPS) is 10.7. The van der Waals surface area contributed by atoms with Crippen molar-refractivity contribution < 1.29 is 50.5 Å². The molecule has 228 valence electrons. The van der Waals surface area contributed by atoms with Gasteiger partial charge in [0.05, 0.1) is 0 Å². The van der Waals surface area contributed by atoms with Crippen LogP contribution in [0.1, 0.15) is 21.0 Å². The Kier molecular flexibility index (Phi) is 11.4. The van der Waals surface area contributed by atoms with Crippen molar-refractivity contribution in [1.29, 1.82) is 0 Å². The Morgan fingerprint density at radius 2 is 1.12 bits per heavy atom. The van der Waals surface area contributed by atoms with Crippen LogP contribution in [0.3, 0.4) is 0 Å². The third kappa shape index (κ3) is 13.4. The van der Waals surface area contributed by atoms with Gasteiger partial charge in [-0.2, -0.15) is 10.2 Å². The molecule has 0 unspecified atom stereocenters. The van der Waals surface area contributed by atoms with Gasteiger partial charge >= 0.3 is 18.7 Å². The number of aromatic carboxylic acids is 1. The largest absolute Gasteiger partial charge is 0.573 e. The molecule has 0 aliphatic heterocycles. The Bertz CT molecular complexity index is 1580. The number of H-pyrrole nitrogens is 2. The minimum absolute atomic E-state index is 0.0368. The first-order valence-electron chi connectivity index (χ1n) is 11.1. The van der Waals surface area contributed by atoms with Crippen molar-refractivity contribution in [2.24, 2.45) is 0 Å². The highest BCUT2D eigenvalue weighted by atomic mass is 19.4. The molecule has 0 saturated heterocycles. The second kappa shape index (κ2) is 14.7. The number of ether oxygens (including phenoxy) is 2. The van der Waals surface area contributed by atoms with E-state index < -0.39 is 41.5 Å². The molecule has 2 aromatic heterocycles. The van der Waals surface area contributed by atoms with Crippen molar-refractivity contribution in [2.75, 3.05) is 11.1 Å². The Morgan fingerprint density at radius 3 is 1.49 bits per heavy atom.